The van der Waals surface area contributed by atoms with Crippen LogP contribution in [-0.4, -0.2) is 23.5 Å². The van der Waals surface area contributed by atoms with Crippen LogP contribution in [0.2, 0.25) is 0 Å². The van der Waals surface area contributed by atoms with Gasteiger partial charge in [0.2, 0.25) is 15.7 Å². The first-order chi connectivity index (χ1) is 15.9. The Morgan fingerprint density at radius 1 is 0.970 bits per heavy atom. The fourth-order valence-electron chi connectivity index (χ4n) is 4.85. The van der Waals surface area contributed by atoms with Crippen LogP contribution >= 0.6 is 0 Å². The molecule has 1 aliphatic carbocycles. The van der Waals surface area contributed by atoms with E-state index in [-0.39, 0.29) is 27.1 Å². The van der Waals surface area contributed by atoms with Crippen molar-refractivity contribution in [1.29, 1.82) is 0 Å². The highest BCUT2D eigenvalue weighted by Crippen LogP contribution is 2.33. The number of sulfone groups is 1. The van der Waals surface area contributed by atoms with Gasteiger partial charge in [-0.05, 0) is 56.9 Å². The maximum atomic E-state index is 13.6. The zero-order chi connectivity index (χ0) is 23.6. The van der Waals surface area contributed by atoms with Crippen LogP contribution in [0.1, 0.15) is 52.4 Å². The first-order valence-electron chi connectivity index (χ1n) is 11.7. The largest absolute Gasteiger partial charge is 0.329 e. The lowest BCUT2D eigenvalue weighted by atomic mass is 9.87. The van der Waals surface area contributed by atoms with Crippen molar-refractivity contribution in [2.75, 3.05) is 5.32 Å². The lowest BCUT2D eigenvalue weighted by Crippen LogP contribution is -2.23. The molecule has 0 unspecified atom stereocenters. The van der Waals surface area contributed by atoms with Gasteiger partial charge in [0.25, 0.3) is 0 Å². The van der Waals surface area contributed by atoms with E-state index in [0.29, 0.717) is 36.5 Å². The first kappa shape index (κ1) is 23.3. The fourth-order valence-corrected chi connectivity index (χ4v) is 6.29. The fraction of sp³-hybridized carbons (Fsp3) is 0.440. The Hall–Kier alpha value is -2.87. The molecule has 4 rings (SSSR count). The van der Waals surface area contributed by atoms with E-state index in [9.17, 15) is 18.0 Å². The van der Waals surface area contributed by atoms with Gasteiger partial charge < -0.3 is 5.32 Å². The SMILES string of the molecule is CCn1c(=O)n(CC)c2cc(S(=O)(=O)c3ccccc3)c(NC(=O)CC3CCCCC3)cc21. The van der Waals surface area contributed by atoms with Gasteiger partial charge in [0.05, 0.1) is 26.5 Å². The van der Waals surface area contributed by atoms with E-state index >= 15 is 0 Å². The van der Waals surface area contributed by atoms with Gasteiger partial charge in [-0.2, -0.15) is 0 Å². The summed E-state index contributed by atoms with van der Waals surface area (Å²) in [5.41, 5.74) is 1.19. The molecule has 1 saturated carbocycles. The number of imidazole rings is 1. The van der Waals surface area contributed by atoms with Crippen molar-refractivity contribution in [3.63, 3.8) is 0 Å². The van der Waals surface area contributed by atoms with E-state index in [1.165, 1.54) is 24.6 Å². The van der Waals surface area contributed by atoms with Gasteiger partial charge in [-0.25, -0.2) is 13.2 Å². The molecule has 1 N–H and O–H groups in total. The minimum atomic E-state index is -3.91. The van der Waals surface area contributed by atoms with E-state index in [4.69, 9.17) is 0 Å². The number of amides is 1. The summed E-state index contributed by atoms with van der Waals surface area (Å²) in [4.78, 5) is 26.0. The lowest BCUT2D eigenvalue weighted by Gasteiger charge is -2.21. The van der Waals surface area contributed by atoms with Gasteiger partial charge >= 0.3 is 5.69 Å². The molecule has 8 heteroatoms. The highest BCUT2D eigenvalue weighted by Gasteiger charge is 2.26. The summed E-state index contributed by atoms with van der Waals surface area (Å²) < 4.78 is 30.3. The Morgan fingerprint density at radius 2 is 1.58 bits per heavy atom. The van der Waals surface area contributed by atoms with Crippen LogP contribution in [0.15, 0.2) is 57.1 Å². The molecule has 1 amide bonds. The quantitative estimate of drug-likeness (QED) is 0.548. The number of aryl methyl sites for hydroxylation is 2. The minimum Gasteiger partial charge on any atom is -0.325 e. The maximum Gasteiger partial charge on any atom is 0.329 e. The Bertz CT molecular complexity index is 1320. The van der Waals surface area contributed by atoms with Crippen molar-refractivity contribution >= 4 is 32.5 Å². The summed E-state index contributed by atoms with van der Waals surface area (Å²) in [6.45, 7) is 4.59. The summed E-state index contributed by atoms with van der Waals surface area (Å²) in [5, 5.41) is 2.88. The van der Waals surface area contributed by atoms with E-state index in [1.807, 2.05) is 13.8 Å². The molecular formula is C25H31N3O4S. The van der Waals surface area contributed by atoms with Gasteiger partial charge in [0, 0.05) is 19.5 Å². The van der Waals surface area contributed by atoms with Crippen LogP contribution in [0.25, 0.3) is 11.0 Å². The van der Waals surface area contributed by atoms with Crippen molar-refractivity contribution in [1.82, 2.24) is 9.13 Å². The highest BCUT2D eigenvalue weighted by atomic mass is 32.2. The molecule has 176 valence electrons. The summed E-state index contributed by atoms with van der Waals surface area (Å²) in [5.74, 6) is 0.137. The predicted octanol–water partition coefficient (Wildman–Crippen LogP) is 4.58. The third-order valence-corrected chi connectivity index (χ3v) is 8.38. The summed E-state index contributed by atoms with van der Waals surface area (Å²) in [7, 11) is -3.91. The first-order valence-corrected chi connectivity index (χ1v) is 13.2. The molecule has 1 heterocycles. The smallest absolute Gasteiger partial charge is 0.325 e. The third-order valence-electron chi connectivity index (χ3n) is 6.57. The Labute approximate surface area is 194 Å². The van der Waals surface area contributed by atoms with Gasteiger partial charge in [0.15, 0.2) is 0 Å². The topological polar surface area (TPSA) is 90.2 Å². The molecule has 0 atom stereocenters. The number of aromatic nitrogens is 2. The molecule has 3 aromatic rings. The van der Waals surface area contributed by atoms with Gasteiger partial charge in [-0.15, -0.1) is 0 Å². The van der Waals surface area contributed by atoms with Crippen molar-refractivity contribution in [2.45, 2.75) is 75.3 Å². The van der Waals surface area contributed by atoms with E-state index in [2.05, 4.69) is 5.32 Å². The molecule has 0 radical (unpaired) electrons. The van der Waals surface area contributed by atoms with E-state index in [0.717, 1.165) is 25.7 Å². The maximum absolute atomic E-state index is 13.6. The number of nitrogens with zero attached hydrogens (tertiary/aromatic N) is 2. The molecule has 1 aliphatic rings. The Kier molecular flexibility index (Phi) is 6.74. The molecule has 2 aromatic carbocycles. The molecular weight excluding hydrogens is 438 g/mol. The molecule has 0 saturated heterocycles. The zero-order valence-electron chi connectivity index (χ0n) is 19.2. The van der Waals surface area contributed by atoms with Crippen LogP contribution in [0.4, 0.5) is 5.69 Å². The number of benzene rings is 2. The van der Waals surface area contributed by atoms with Crippen molar-refractivity contribution < 1.29 is 13.2 Å². The molecule has 1 aromatic heterocycles. The molecule has 7 nitrogen and oxygen atoms in total. The van der Waals surface area contributed by atoms with Gasteiger partial charge in [0.1, 0.15) is 0 Å². The Morgan fingerprint density at radius 3 is 2.18 bits per heavy atom. The summed E-state index contributed by atoms with van der Waals surface area (Å²) in [6.07, 6.45) is 5.89. The normalized spacial score (nSPS) is 15.1. The number of carbonyl (C=O) groups excluding carboxylic acids is 1. The minimum absolute atomic E-state index is 0.00801. The number of fused-ring (bicyclic) bond motifs is 1. The number of hydrogen-bond donors (Lipinski definition) is 1. The highest BCUT2D eigenvalue weighted by molar-refractivity contribution is 7.91. The summed E-state index contributed by atoms with van der Waals surface area (Å²) >= 11 is 0. The second-order valence-corrected chi connectivity index (χ2v) is 10.6. The molecule has 0 spiro atoms. The average molecular weight is 470 g/mol. The number of nitrogens with one attached hydrogen (secondary N) is 1. The van der Waals surface area contributed by atoms with E-state index < -0.39 is 9.84 Å². The van der Waals surface area contributed by atoms with Crippen LogP contribution in [-0.2, 0) is 27.7 Å². The van der Waals surface area contributed by atoms with Crippen LogP contribution in [0.3, 0.4) is 0 Å². The molecule has 0 aliphatic heterocycles. The van der Waals surface area contributed by atoms with Gasteiger partial charge in [-0.3, -0.25) is 13.9 Å². The number of anilines is 1. The zero-order valence-corrected chi connectivity index (χ0v) is 20.0. The van der Waals surface area contributed by atoms with Crippen LogP contribution < -0.4 is 11.0 Å². The van der Waals surface area contributed by atoms with Crippen LogP contribution in [0.5, 0.6) is 0 Å². The predicted molar refractivity (Wildman–Crippen MR) is 129 cm³/mol. The van der Waals surface area contributed by atoms with Crippen molar-refractivity contribution in [3.05, 3.63) is 52.9 Å². The van der Waals surface area contributed by atoms with Crippen molar-refractivity contribution in [3.8, 4) is 0 Å². The molecule has 0 bridgehead atoms. The number of carbonyl (C=O) groups is 1. The molecule has 1 fully saturated rings. The number of rotatable bonds is 7. The summed E-state index contributed by atoms with van der Waals surface area (Å²) in [6, 6.07) is 11.3. The standard InChI is InChI=1S/C25H31N3O4S/c1-3-27-21-16-20(26-24(29)15-18-11-7-5-8-12-18)23(17-22(21)28(4-2)25(27)30)33(31,32)19-13-9-6-10-14-19/h6,9-10,13-14,16-18H,3-5,7-8,11-12,15H2,1-2H3,(H,26,29). The van der Waals surface area contributed by atoms with Crippen LogP contribution in [0, 0.1) is 5.92 Å². The molecule has 33 heavy (non-hydrogen) atoms. The second-order valence-electron chi connectivity index (χ2n) is 8.68. The number of hydrogen-bond acceptors (Lipinski definition) is 4. The third kappa shape index (κ3) is 4.49. The lowest BCUT2D eigenvalue weighted by molar-refractivity contribution is -0.117. The average Bonchev–Trinajstić information content (AvgIpc) is 3.09. The van der Waals surface area contributed by atoms with E-state index in [1.54, 1.807) is 33.4 Å². The monoisotopic (exact) mass is 469 g/mol. The van der Waals surface area contributed by atoms with Gasteiger partial charge in [-0.1, -0.05) is 37.5 Å². The second kappa shape index (κ2) is 9.55. The Balaban J connectivity index is 1.84. The van der Waals surface area contributed by atoms with Crippen molar-refractivity contribution in [2.24, 2.45) is 5.92 Å².